The molecule has 2 aromatic rings. The fourth-order valence-corrected chi connectivity index (χ4v) is 3.06. The van der Waals surface area contributed by atoms with Gasteiger partial charge >= 0.3 is 0 Å². The first kappa shape index (κ1) is 14.0. The van der Waals surface area contributed by atoms with Crippen LogP contribution in [0.3, 0.4) is 0 Å². The van der Waals surface area contributed by atoms with Crippen LogP contribution in [0.25, 0.3) is 0 Å². The van der Waals surface area contributed by atoms with E-state index in [0.29, 0.717) is 10.7 Å². The normalized spacial score (nSPS) is 11.7. The van der Waals surface area contributed by atoms with E-state index in [0.717, 1.165) is 5.56 Å². The standard InChI is InChI=1S/C12H14ClN3O2S/c1-9-12(8-16(2)15-9)19(17,18)14-7-10-3-5-11(13)6-4-10/h3-6,8,14H,7H2,1-2H3. The molecule has 1 aromatic heterocycles. The smallest absolute Gasteiger partial charge is 0.244 e. The van der Waals surface area contributed by atoms with E-state index in [9.17, 15) is 8.42 Å². The van der Waals surface area contributed by atoms with Gasteiger partial charge in [-0.2, -0.15) is 5.10 Å². The Hall–Kier alpha value is -1.37. The second-order valence-electron chi connectivity index (χ2n) is 4.20. The fourth-order valence-electron chi connectivity index (χ4n) is 1.70. The highest BCUT2D eigenvalue weighted by molar-refractivity contribution is 7.89. The molecule has 0 saturated heterocycles. The Morgan fingerprint density at radius 2 is 1.95 bits per heavy atom. The highest BCUT2D eigenvalue weighted by Gasteiger charge is 2.19. The molecule has 7 heteroatoms. The van der Waals surface area contributed by atoms with E-state index < -0.39 is 10.0 Å². The summed E-state index contributed by atoms with van der Waals surface area (Å²) in [5.41, 5.74) is 1.32. The largest absolute Gasteiger partial charge is 0.274 e. The van der Waals surface area contributed by atoms with E-state index in [2.05, 4.69) is 9.82 Å². The van der Waals surface area contributed by atoms with E-state index in [1.165, 1.54) is 10.9 Å². The molecule has 0 amide bonds. The second kappa shape index (κ2) is 5.32. The van der Waals surface area contributed by atoms with Crippen molar-refractivity contribution in [2.45, 2.75) is 18.4 Å². The minimum Gasteiger partial charge on any atom is -0.274 e. The zero-order valence-corrected chi connectivity index (χ0v) is 12.2. The van der Waals surface area contributed by atoms with Gasteiger partial charge in [-0.1, -0.05) is 23.7 Å². The van der Waals surface area contributed by atoms with E-state index in [1.807, 2.05) is 0 Å². The van der Waals surface area contributed by atoms with Gasteiger partial charge in [0, 0.05) is 24.8 Å². The number of aromatic nitrogens is 2. The van der Waals surface area contributed by atoms with Crippen LogP contribution in [0.4, 0.5) is 0 Å². The van der Waals surface area contributed by atoms with Crippen LogP contribution < -0.4 is 4.72 Å². The zero-order valence-electron chi connectivity index (χ0n) is 10.6. The second-order valence-corrected chi connectivity index (χ2v) is 6.38. The van der Waals surface area contributed by atoms with E-state index in [1.54, 1.807) is 38.2 Å². The summed E-state index contributed by atoms with van der Waals surface area (Å²) in [6, 6.07) is 7.00. The quantitative estimate of drug-likeness (QED) is 0.937. The predicted octanol–water partition coefficient (Wildman–Crippen LogP) is 1.86. The number of benzene rings is 1. The molecule has 1 aromatic carbocycles. The van der Waals surface area contributed by atoms with Gasteiger partial charge in [0.25, 0.3) is 0 Å². The summed E-state index contributed by atoms with van der Waals surface area (Å²) in [6.45, 7) is 1.88. The topological polar surface area (TPSA) is 64.0 Å². The number of nitrogens with one attached hydrogen (secondary N) is 1. The summed E-state index contributed by atoms with van der Waals surface area (Å²) in [5.74, 6) is 0. The summed E-state index contributed by atoms with van der Waals surface area (Å²) in [6.07, 6.45) is 1.49. The zero-order chi connectivity index (χ0) is 14.0. The Morgan fingerprint density at radius 1 is 1.32 bits per heavy atom. The van der Waals surface area contributed by atoms with Gasteiger partial charge in [0.1, 0.15) is 4.90 Å². The van der Waals surface area contributed by atoms with E-state index in [4.69, 9.17) is 11.6 Å². The predicted molar refractivity (Wildman–Crippen MR) is 73.4 cm³/mol. The third-order valence-electron chi connectivity index (χ3n) is 2.64. The van der Waals surface area contributed by atoms with Crippen molar-refractivity contribution in [3.63, 3.8) is 0 Å². The highest BCUT2D eigenvalue weighted by Crippen LogP contribution is 2.14. The van der Waals surface area contributed by atoms with Crippen molar-refractivity contribution in [3.05, 3.63) is 46.7 Å². The molecular weight excluding hydrogens is 286 g/mol. The van der Waals surface area contributed by atoms with Crippen LogP contribution in [0.5, 0.6) is 0 Å². The molecule has 0 radical (unpaired) electrons. The number of nitrogens with zero attached hydrogens (tertiary/aromatic N) is 2. The van der Waals surface area contributed by atoms with Gasteiger partial charge in [-0.3, -0.25) is 4.68 Å². The molecule has 0 saturated carbocycles. The molecule has 0 atom stereocenters. The van der Waals surface area contributed by atoms with Crippen LogP contribution in [0, 0.1) is 6.92 Å². The number of sulfonamides is 1. The maximum absolute atomic E-state index is 12.1. The van der Waals surface area contributed by atoms with Gasteiger partial charge in [-0.05, 0) is 24.6 Å². The van der Waals surface area contributed by atoms with Crippen molar-refractivity contribution >= 4 is 21.6 Å². The lowest BCUT2D eigenvalue weighted by Crippen LogP contribution is -2.23. The first-order chi connectivity index (χ1) is 8.88. The minimum absolute atomic E-state index is 0.198. The van der Waals surface area contributed by atoms with Crippen molar-refractivity contribution in [2.75, 3.05) is 0 Å². The molecule has 0 aliphatic rings. The van der Waals surface area contributed by atoms with Crippen LogP contribution in [0.15, 0.2) is 35.4 Å². The van der Waals surface area contributed by atoms with Crippen molar-refractivity contribution in [2.24, 2.45) is 7.05 Å². The molecule has 0 unspecified atom stereocenters. The summed E-state index contributed by atoms with van der Waals surface area (Å²) >= 11 is 5.77. The van der Waals surface area contributed by atoms with Gasteiger partial charge in [-0.15, -0.1) is 0 Å². The molecule has 0 fully saturated rings. The molecular formula is C12H14ClN3O2S. The highest BCUT2D eigenvalue weighted by atomic mass is 35.5. The lowest BCUT2D eigenvalue weighted by molar-refractivity contribution is 0.580. The number of halogens is 1. The molecule has 0 aliphatic carbocycles. The number of hydrogen-bond donors (Lipinski definition) is 1. The number of hydrogen-bond acceptors (Lipinski definition) is 3. The summed E-state index contributed by atoms with van der Waals surface area (Å²) in [7, 11) is -1.86. The number of aryl methyl sites for hydroxylation is 2. The third kappa shape index (κ3) is 3.34. The maximum Gasteiger partial charge on any atom is 0.244 e. The van der Waals surface area contributed by atoms with Crippen molar-refractivity contribution < 1.29 is 8.42 Å². The van der Waals surface area contributed by atoms with Gasteiger partial charge in [0.2, 0.25) is 10.0 Å². The number of rotatable bonds is 4. The molecule has 0 bridgehead atoms. The molecule has 2 rings (SSSR count). The van der Waals surface area contributed by atoms with E-state index in [-0.39, 0.29) is 11.4 Å². The Balaban J connectivity index is 2.14. The van der Waals surface area contributed by atoms with Gasteiger partial charge in [-0.25, -0.2) is 13.1 Å². The van der Waals surface area contributed by atoms with Crippen LogP contribution >= 0.6 is 11.6 Å². The monoisotopic (exact) mass is 299 g/mol. The Bertz CT molecular complexity index is 678. The van der Waals surface area contributed by atoms with Gasteiger partial charge in [0.05, 0.1) is 5.69 Å². The van der Waals surface area contributed by atoms with Crippen LogP contribution in [0.1, 0.15) is 11.3 Å². The van der Waals surface area contributed by atoms with Crippen molar-refractivity contribution in [1.29, 1.82) is 0 Å². The molecule has 102 valence electrons. The average Bonchev–Trinajstić information content (AvgIpc) is 2.69. The van der Waals surface area contributed by atoms with Crippen molar-refractivity contribution in [3.8, 4) is 0 Å². The Kier molecular flexibility index (Phi) is 3.93. The molecule has 1 heterocycles. The molecule has 19 heavy (non-hydrogen) atoms. The Labute approximate surface area is 117 Å². The third-order valence-corrected chi connectivity index (χ3v) is 4.39. The molecule has 0 aliphatic heterocycles. The maximum atomic E-state index is 12.1. The summed E-state index contributed by atoms with van der Waals surface area (Å²) < 4.78 is 28.3. The Morgan fingerprint density at radius 3 is 2.47 bits per heavy atom. The van der Waals surface area contributed by atoms with Crippen LogP contribution in [-0.4, -0.2) is 18.2 Å². The summed E-state index contributed by atoms with van der Waals surface area (Å²) in [4.78, 5) is 0.198. The lowest BCUT2D eigenvalue weighted by Gasteiger charge is -2.05. The average molecular weight is 300 g/mol. The minimum atomic E-state index is -3.54. The fraction of sp³-hybridized carbons (Fsp3) is 0.250. The van der Waals surface area contributed by atoms with E-state index >= 15 is 0 Å². The lowest BCUT2D eigenvalue weighted by atomic mass is 10.2. The first-order valence-electron chi connectivity index (χ1n) is 5.63. The molecule has 0 spiro atoms. The van der Waals surface area contributed by atoms with Crippen LogP contribution in [0.2, 0.25) is 5.02 Å². The van der Waals surface area contributed by atoms with Gasteiger partial charge in [0.15, 0.2) is 0 Å². The molecule has 5 nitrogen and oxygen atoms in total. The SMILES string of the molecule is Cc1nn(C)cc1S(=O)(=O)NCc1ccc(Cl)cc1. The van der Waals surface area contributed by atoms with Gasteiger partial charge < -0.3 is 0 Å². The van der Waals surface area contributed by atoms with Crippen LogP contribution in [-0.2, 0) is 23.6 Å². The molecule has 1 N–H and O–H groups in total. The van der Waals surface area contributed by atoms with Crippen molar-refractivity contribution in [1.82, 2.24) is 14.5 Å². The first-order valence-corrected chi connectivity index (χ1v) is 7.49. The summed E-state index contributed by atoms with van der Waals surface area (Å²) in [5, 5.41) is 4.64.